The molecule has 13 rings (SSSR count). The first-order valence-corrected chi connectivity index (χ1v) is 29.6. The van der Waals surface area contributed by atoms with Gasteiger partial charge in [0.05, 0.1) is 60.9 Å². The Morgan fingerprint density at radius 3 is 1.81 bits per heavy atom. The number of ether oxygens (including phenoxy) is 5. The Morgan fingerprint density at radius 1 is 0.709 bits per heavy atom. The van der Waals surface area contributed by atoms with Crippen molar-refractivity contribution in [3.63, 3.8) is 0 Å². The molecule has 4 aliphatic carbocycles. The van der Waals surface area contributed by atoms with Crippen molar-refractivity contribution in [3.05, 3.63) is 158 Å². The molecule has 0 spiro atoms. The van der Waals surface area contributed by atoms with E-state index in [-0.39, 0.29) is 64.3 Å². The van der Waals surface area contributed by atoms with Crippen molar-refractivity contribution in [2.45, 2.75) is 134 Å². The molecule has 19 heteroatoms. The lowest BCUT2D eigenvalue weighted by Gasteiger charge is -2.67. The summed E-state index contributed by atoms with van der Waals surface area (Å²) >= 11 is 0. The van der Waals surface area contributed by atoms with Gasteiger partial charge >= 0.3 is 17.2 Å². The summed E-state index contributed by atoms with van der Waals surface area (Å²) in [4.78, 5) is 50.9. The maximum atomic E-state index is 13.9. The van der Waals surface area contributed by atoms with E-state index in [0.717, 1.165) is 11.3 Å². The lowest BCUT2D eigenvalue weighted by Crippen LogP contribution is -2.71. The van der Waals surface area contributed by atoms with Gasteiger partial charge in [-0.2, -0.15) is 5.26 Å². The van der Waals surface area contributed by atoms with Crippen LogP contribution < -0.4 is 25.6 Å². The zero-order chi connectivity index (χ0) is 61.0. The number of nitriles is 1. The predicted molar refractivity (Wildman–Crippen MR) is 312 cm³/mol. The number of hydrogen-bond donors (Lipinski definition) is 5. The molecule has 0 radical (unpaired) electrons. The average Bonchev–Trinajstić information content (AvgIpc) is 0.720. The summed E-state index contributed by atoms with van der Waals surface area (Å²) in [6.07, 6.45) is 3.64. The number of nitrogens with zero attached hydrogens (tertiary/aromatic N) is 4. The van der Waals surface area contributed by atoms with Crippen molar-refractivity contribution >= 4 is 11.7 Å². The first-order valence-electron chi connectivity index (χ1n) is 29.6. The molecular weight excluding hydrogens is 1100 g/mol. The third-order valence-corrected chi connectivity index (χ3v) is 21.5. The van der Waals surface area contributed by atoms with E-state index in [0.29, 0.717) is 61.8 Å². The number of anilines is 1. The summed E-state index contributed by atoms with van der Waals surface area (Å²) < 4.78 is 44.3. The zero-order valence-electron chi connectivity index (χ0n) is 49.5. The molecule has 2 aromatic carbocycles. The van der Waals surface area contributed by atoms with E-state index < -0.39 is 98.7 Å². The molecule has 4 aromatic heterocycles. The summed E-state index contributed by atoms with van der Waals surface area (Å²) in [5, 5.41) is 65.6. The molecule has 1 saturated heterocycles. The Balaban J connectivity index is 0.000000188. The topological polar surface area (TPSA) is 278 Å². The van der Waals surface area contributed by atoms with E-state index in [1.165, 1.54) is 0 Å². The minimum Gasteiger partial charge on any atom is -0.484 e. The molecule has 17 atom stereocenters. The number of hydrogen-bond acceptors (Lipinski definition) is 19. The summed E-state index contributed by atoms with van der Waals surface area (Å²) in [5.74, 6) is -1.47. The molecule has 5 N–H and O–H groups in total. The van der Waals surface area contributed by atoms with E-state index in [4.69, 9.17) is 32.5 Å². The average molecular weight is 1180 g/mol. The maximum absolute atomic E-state index is 13.9. The smallest absolute Gasteiger partial charge is 0.345 e. The fourth-order valence-corrected chi connectivity index (χ4v) is 16.9. The minimum atomic E-state index is -1.29. The van der Waals surface area contributed by atoms with Crippen LogP contribution >= 0.6 is 0 Å². The van der Waals surface area contributed by atoms with Gasteiger partial charge in [0.2, 0.25) is 0 Å². The molecule has 0 amide bonds. The van der Waals surface area contributed by atoms with Crippen molar-refractivity contribution in [1.29, 1.82) is 5.26 Å². The van der Waals surface area contributed by atoms with E-state index in [1.807, 2.05) is 64.0 Å². The highest BCUT2D eigenvalue weighted by Crippen LogP contribution is 2.70. The Hall–Kier alpha value is -7.28. The summed E-state index contributed by atoms with van der Waals surface area (Å²) in [7, 11) is 3.99. The number of pyridine rings is 2. The van der Waals surface area contributed by atoms with Crippen LogP contribution in [0.25, 0.3) is 22.6 Å². The third-order valence-electron chi connectivity index (χ3n) is 21.5. The highest BCUT2D eigenvalue weighted by molar-refractivity contribution is 5.89. The fourth-order valence-electron chi connectivity index (χ4n) is 16.9. The molecule has 4 saturated carbocycles. The number of esters is 1. The van der Waals surface area contributed by atoms with Gasteiger partial charge in [0.25, 0.3) is 0 Å². The number of benzene rings is 2. The van der Waals surface area contributed by atoms with Crippen LogP contribution in [0, 0.1) is 56.7 Å². The Labute approximate surface area is 498 Å². The van der Waals surface area contributed by atoms with E-state index in [1.54, 1.807) is 92.4 Å². The molecule has 86 heavy (non-hydrogen) atoms. The van der Waals surface area contributed by atoms with Gasteiger partial charge in [-0.1, -0.05) is 39.8 Å². The largest absolute Gasteiger partial charge is 0.484 e. The van der Waals surface area contributed by atoms with E-state index >= 15 is 0 Å². The van der Waals surface area contributed by atoms with Gasteiger partial charge in [-0.15, -0.1) is 0 Å². The van der Waals surface area contributed by atoms with Gasteiger partial charge in [0.1, 0.15) is 51.5 Å². The SMILES string of the molecule is CN(C)c1ccc([C@@H]2OC[C@@]3(C)C4C[C@H](OC(=O)c5ccc(C#N)cc5)[C@@]5(C)Oc6cc(-c7cccnc7)oc(=O)c6[C@H](O)C5[C@@]4(C)CC[C@@H]3O2)cc1.C[C@]12CC[C@H](O)[C@@](C)(CO)C1C[C@H](O)[C@@]1(C)Oc3cc(-c4cccnc4)oc(=O)c3[C@H](O)C21. The van der Waals surface area contributed by atoms with E-state index in [2.05, 4.69) is 29.9 Å². The van der Waals surface area contributed by atoms with Gasteiger partial charge in [-0.25, -0.2) is 14.4 Å². The number of carbonyl (C=O) groups excluding carboxylic acids is 1. The highest BCUT2D eigenvalue weighted by Gasteiger charge is 2.72. The lowest BCUT2D eigenvalue weighted by molar-refractivity contribution is -0.330. The van der Waals surface area contributed by atoms with Crippen LogP contribution in [-0.2, 0) is 14.2 Å². The van der Waals surface area contributed by atoms with Gasteiger partial charge in [-0.05, 0) is 136 Å². The summed E-state index contributed by atoms with van der Waals surface area (Å²) in [6, 6.07) is 26.7. The monoisotopic (exact) mass is 1170 g/mol. The van der Waals surface area contributed by atoms with Gasteiger partial charge in [0.15, 0.2) is 6.29 Å². The third kappa shape index (κ3) is 9.28. The van der Waals surface area contributed by atoms with Crippen molar-refractivity contribution in [1.82, 2.24) is 9.97 Å². The number of carbonyl (C=O) groups is 1. The van der Waals surface area contributed by atoms with Crippen molar-refractivity contribution in [2.75, 3.05) is 32.2 Å². The van der Waals surface area contributed by atoms with Crippen LogP contribution in [0.2, 0.25) is 0 Å². The summed E-state index contributed by atoms with van der Waals surface area (Å²) in [5.41, 5.74) is -2.42. The Morgan fingerprint density at radius 2 is 1.27 bits per heavy atom. The zero-order valence-corrected chi connectivity index (χ0v) is 49.5. The van der Waals surface area contributed by atoms with Gasteiger partial charge < -0.3 is 63.0 Å². The van der Waals surface area contributed by atoms with Crippen molar-refractivity contribution in [3.8, 4) is 40.2 Å². The standard InChI is InChI=1S/C42H43N3O8.C25H31NO7/c1-40-17-16-32-41(2,23-49-39(52-32)26-12-14-28(15-13-26)45(4)5)31(40)20-33(51-37(47)25-10-8-24(21-43)9-11-25)42(3)36(40)35(46)34-30(53-42)19-29(50-38(34)48)27-7-6-18-44-22-27;1-23-7-6-17(28)24(2,12-27)16(23)10-18(29)25(3)21(23)20(30)19-15(33-25)9-14(32-22(19)31)13-5-4-8-26-11-13/h6-15,18-19,22,31-33,35-36,39,46H,16-17,20,23H2,1-5H3;4-5,8-9,11,16-18,20-21,27-30H,6-7,10,12H2,1-3H3/t31?,32-,33-,35-,36?,39+,40-,41-,42+;16?,17-,18-,20-,21?,23-,24-,25+/m00/s1. The molecule has 7 heterocycles. The maximum Gasteiger partial charge on any atom is 0.345 e. The van der Waals surface area contributed by atoms with Gasteiger partial charge in [0, 0.05) is 96.1 Å². The number of aliphatic hydroxyl groups excluding tert-OH is 5. The molecule has 0 bridgehead atoms. The van der Waals surface area contributed by atoms with Crippen LogP contribution in [0.3, 0.4) is 0 Å². The Kier molecular flexibility index (Phi) is 14.8. The van der Waals surface area contributed by atoms with E-state index in [9.17, 15) is 45.2 Å². The molecule has 3 aliphatic heterocycles. The first-order chi connectivity index (χ1) is 40.9. The molecule has 4 unspecified atom stereocenters. The predicted octanol–water partition coefficient (Wildman–Crippen LogP) is 8.65. The highest BCUT2D eigenvalue weighted by atomic mass is 16.7. The number of rotatable bonds is 7. The molecule has 6 aromatic rings. The van der Waals surface area contributed by atoms with Crippen molar-refractivity contribution < 1.29 is 62.8 Å². The normalized spacial score (nSPS) is 36.3. The second-order valence-electron chi connectivity index (χ2n) is 26.5. The second-order valence-corrected chi connectivity index (χ2v) is 26.5. The molecule has 7 aliphatic rings. The molecule has 19 nitrogen and oxygen atoms in total. The van der Waals surface area contributed by atoms with Gasteiger partial charge in [-0.3, -0.25) is 9.97 Å². The number of aliphatic hydroxyl groups is 5. The van der Waals surface area contributed by atoms with Crippen LogP contribution in [0.5, 0.6) is 11.5 Å². The quantitative estimate of drug-likeness (QED) is 0.0935. The fraction of sp³-hybridized carbons (Fsp3) is 0.493. The van der Waals surface area contributed by atoms with Crippen LogP contribution in [0.15, 0.2) is 128 Å². The van der Waals surface area contributed by atoms with Crippen LogP contribution in [-0.4, -0.2) is 104 Å². The number of aromatic nitrogens is 2. The second kappa shape index (κ2) is 21.5. The van der Waals surface area contributed by atoms with Crippen LogP contribution in [0.1, 0.15) is 131 Å². The molecule has 452 valence electrons. The molecular formula is C67H74N4O15. The lowest BCUT2D eigenvalue weighted by atomic mass is 9.42. The number of fused-ring (bicyclic) bond motifs is 10. The molecule has 5 fully saturated rings. The van der Waals surface area contributed by atoms with Crippen molar-refractivity contribution in [2.24, 2.45) is 45.3 Å². The van der Waals surface area contributed by atoms with Crippen LogP contribution in [0.4, 0.5) is 5.69 Å². The Bertz CT molecular complexity index is 3710. The first kappa shape index (κ1) is 59.1. The minimum absolute atomic E-state index is 0.0380. The summed E-state index contributed by atoms with van der Waals surface area (Å²) in [6.45, 7) is 11.9.